The van der Waals surface area contributed by atoms with E-state index in [0.717, 1.165) is 64.7 Å². The first kappa shape index (κ1) is 25.7. The van der Waals surface area contributed by atoms with Crippen LogP contribution in [0.4, 0.5) is 4.79 Å². The monoisotopic (exact) mass is 439 g/mol. The van der Waals surface area contributed by atoms with Crippen LogP contribution in [0.15, 0.2) is 4.99 Å². The first-order chi connectivity index (χ1) is 14.6. The number of nitrogens with zero attached hydrogens (tertiary/aromatic N) is 4. The molecule has 2 unspecified atom stereocenters. The number of hydrogen-bond donors (Lipinski definition) is 1. The van der Waals surface area contributed by atoms with Crippen molar-refractivity contribution in [1.29, 1.82) is 0 Å². The van der Waals surface area contributed by atoms with E-state index in [1.807, 2.05) is 39.6 Å². The van der Waals surface area contributed by atoms with Gasteiger partial charge in [0.05, 0.1) is 13.2 Å². The van der Waals surface area contributed by atoms with E-state index in [2.05, 4.69) is 34.0 Å². The van der Waals surface area contributed by atoms with Gasteiger partial charge >= 0.3 is 6.09 Å². The van der Waals surface area contributed by atoms with Gasteiger partial charge in [0.25, 0.3) is 0 Å². The second-order valence-corrected chi connectivity index (χ2v) is 9.89. The number of carbonyl (C=O) groups is 1. The van der Waals surface area contributed by atoms with Crippen LogP contribution in [0.1, 0.15) is 54.4 Å². The predicted octanol–water partition coefficient (Wildman–Crippen LogP) is 2.64. The maximum atomic E-state index is 12.4. The molecule has 2 rings (SSSR count). The SMILES string of the molecule is CCN(CC1CCN(C(=NC)NCC(C)N2CCOCC2C)CC1)C(=O)OC(C)(C)C. The van der Waals surface area contributed by atoms with Crippen LogP contribution in [-0.4, -0.2) is 104 Å². The molecule has 0 saturated carbocycles. The fraction of sp³-hybridized carbons (Fsp3) is 0.913. The molecule has 0 aliphatic carbocycles. The van der Waals surface area contributed by atoms with E-state index in [4.69, 9.17) is 9.47 Å². The standard InChI is InChI=1S/C23H45N5O3/c1-8-26(22(29)31-23(4,5)6)16-20-9-11-27(12-10-20)21(24-7)25-15-18(2)28-13-14-30-17-19(28)3/h18-20H,8-17H2,1-7H3,(H,24,25). The summed E-state index contributed by atoms with van der Waals surface area (Å²) in [6.45, 7) is 19.1. The number of ether oxygens (including phenoxy) is 2. The lowest BCUT2D eigenvalue weighted by atomic mass is 9.96. The number of piperidine rings is 1. The van der Waals surface area contributed by atoms with Crippen LogP contribution in [-0.2, 0) is 9.47 Å². The van der Waals surface area contributed by atoms with Crippen LogP contribution in [0.2, 0.25) is 0 Å². The van der Waals surface area contributed by atoms with E-state index in [1.54, 1.807) is 0 Å². The molecule has 8 heteroatoms. The summed E-state index contributed by atoms with van der Waals surface area (Å²) in [5, 5.41) is 3.58. The van der Waals surface area contributed by atoms with Gasteiger partial charge in [0.15, 0.2) is 5.96 Å². The third-order valence-corrected chi connectivity index (χ3v) is 6.18. The Bertz CT molecular complexity index is 584. The second-order valence-electron chi connectivity index (χ2n) is 9.89. The molecule has 0 aromatic heterocycles. The van der Waals surface area contributed by atoms with Crippen LogP contribution in [0.3, 0.4) is 0 Å². The molecule has 31 heavy (non-hydrogen) atoms. The lowest BCUT2D eigenvalue weighted by molar-refractivity contribution is -0.0175. The molecular formula is C23H45N5O3. The molecule has 0 bridgehead atoms. The van der Waals surface area contributed by atoms with Gasteiger partial charge in [-0.1, -0.05) is 0 Å². The molecule has 2 saturated heterocycles. The second kappa shape index (κ2) is 11.9. The zero-order chi connectivity index (χ0) is 23.0. The number of likely N-dealkylation sites (tertiary alicyclic amines) is 1. The highest BCUT2D eigenvalue weighted by Gasteiger charge is 2.28. The fourth-order valence-corrected chi connectivity index (χ4v) is 4.38. The zero-order valence-corrected chi connectivity index (χ0v) is 20.8. The highest BCUT2D eigenvalue weighted by atomic mass is 16.6. The average molecular weight is 440 g/mol. The Morgan fingerprint density at radius 1 is 1.29 bits per heavy atom. The van der Waals surface area contributed by atoms with Crippen molar-refractivity contribution in [3.63, 3.8) is 0 Å². The molecule has 8 nitrogen and oxygen atoms in total. The van der Waals surface area contributed by atoms with Gasteiger partial charge in [-0.05, 0) is 60.3 Å². The van der Waals surface area contributed by atoms with Crippen molar-refractivity contribution >= 4 is 12.1 Å². The summed E-state index contributed by atoms with van der Waals surface area (Å²) in [7, 11) is 1.86. The van der Waals surface area contributed by atoms with Crippen LogP contribution in [0.25, 0.3) is 0 Å². The summed E-state index contributed by atoms with van der Waals surface area (Å²) >= 11 is 0. The maximum Gasteiger partial charge on any atom is 0.410 e. The van der Waals surface area contributed by atoms with Crippen molar-refractivity contribution < 1.29 is 14.3 Å². The van der Waals surface area contributed by atoms with Crippen molar-refractivity contribution in [3.05, 3.63) is 0 Å². The Hall–Kier alpha value is -1.54. The number of guanidine groups is 1. The van der Waals surface area contributed by atoms with Gasteiger partial charge in [-0.15, -0.1) is 0 Å². The molecule has 0 spiro atoms. The van der Waals surface area contributed by atoms with Crippen molar-refractivity contribution in [3.8, 4) is 0 Å². The summed E-state index contributed by atoms with van der Waals surface area (Å²) in [5.74, 6) is 1.47. The Morgan fingerprint density at radius 3 is 2.52 bits per heavy atom. The highest BCUT2D eigenvalue weighted by molar-refractivity contribution is 5.80. The molecule has 2 aliphatic rings. The minimum Gasteiger partial charge on any atom is -0.444 e. The lowest BCUT2D eigenvalue weighted by Gasteiger charge is -2.39. The van der Waals surface area contributed by atoms with Gasteiger partial charge in [-0.3, -0.25) is 9.89 Å². The first-order valence-corrected chi connectivity index (χ1v) is 11.9. The van der Waals surface area contributed by atoms with E-state index in [-0.39, 0.29) is 6.09 Å². The molecule has 2 aliphatic heterocycles. The van der Waals surface area contributed by atoms with Crippen molar-refractivity contribution in [1.82, 2.24) is 20.0 Å². The third-order valence-electron chi connectivity index (χ3n) is 6.18. The normalized spacial score (nSPS) is 22.9. The molecule has 0 radical (unpaired) electrons. The van der Waals surface area contributed by atoms with Crippen molar-refractivity contribution in [2.24, 2.45) is 10.9 Å². The lowest BCUT2D eigenvalue weighted by Crippen LogP contribution is -2.54. The number of morpholine rings is 1. The molecule has 2 atom stereocenters. The first-order valence-electron chi connectivity index (χ1n) is 11.9. The summed E-state index contributed by atoms with van der Waals surface area (Å²) in [4.78, 5) is 23.6. The Balaban J connectivity index is 1.78. The molecule has 2 heterocycles. The Labute approximate surface area is 189 Å². The van der Waals surface area contributed by atoms with E-state index < -0.39 is 5.60 Å². The van der Waals surface area contributed by atoms with Crippen LogP contribution in [0, 0.1) is 5.92 Å². The smallest absolute Gasteiger partial charge is 0.410 e. The molecule has 0 aromatic carbocycles. The minimum absolute atomic E-state index is 0.207. The largest absolute Gasteiger partial charge is 0.444 e. The van der Waals surface area contributed by atoms with Crippen LogP contribution in [0.5, 0.6) is 0 Å². The van der Waals surface area contributed by atoms with Crippen LogP contribution < -0.4 is 5.32 Å². The van der Waals surface area contributed by atoms with Gasteiger partial charge in [0, 0.05) is 58.4 Å². The average Bonchev–Trinajstić information content (AvgIpc) is 2.72. The third kappa shape index (κ3) is 8.15. The summed E-state index contributed by atoms with van der Waals surface area (Å²) in [6.07, 6.45) is 1.90. The van der Waals surface area contributed by atoms with E-state index in [0.29, 0.717) is 24.5 Å². The van der Waals surface area contributed by atoms with Gasteiger partial charge in [-0.2, -0.15) is 0 Å². The number of rotatable bonds is 6. The minimum atomic E-state index is -0.456. The molecule has 0 aromatic rings. The van der Waals surface area contributed by atoms with Gasteiger partial charge < -0.3 is 24.6 Å². The molecular weight excluding hydrogens is 394 g/mol. The number of amides is 1. The number of carbonyl (C=O) groups excluding carboxylic acids is 1. The maximum absolute atomic E-state index is 12.4. The topological polar surface area (TPSA) is 69.6 Å². The molecule has 1 N–H and O–H groups in total. The van der Waals surface area contributed by atoms with Gasteiger partial charge in [0.2, 0.25) is 0 Å². The summed E-state index contributed by atoms with van der Waals surface area (Å²) < 4.78 is 11.1. The quantitative estimate of drug-likeness (QED) is 0.507. The predicted molar refractivity (Wildman–Crippen MR) is 126 cm³/mol. The molecule has 1 amide bonds. The zero-order valence-electron chi connectivity index (χ0n) is 20.8. The van der Waals surface area contributed by atoms with E-state index in [1.165, 1.54) is 0 Å². The van der Waals surface area contributed by atoms with E-state index in [9.17, 15) is 4.79 Å². The van der Waals surface area contributed by atoms with Crippen molar-refractivity contribution in [2.75, 3.05) is 59.5 Å². The highest BCUT2D eigenvalue weighted by Crippen LogP contribution is 2.20. The molecule has 180 valence electrons. The van der Waals surface area contributed by atoms with Gasteiger partial charge in [0.1, 0.15) is 5.60 Å². The summed E-state index contributed by atoms with van der Waals surface area (Å²) in [5.41, 5.74) is -0.456. The van der Waals surface area contributed by atoms with Crippen molar-refractivity contribution in [2.45, 2.75) is 72.1 Å². The van der Waals surface area contributed by atoms with Gasteiger partial charge in [-0.25, -0.2) is 4.79 Å². The molecule has 2 fully saturated rings. The fourth-order valence-electron chi connectivity index (χ4n) is 4.38. The Kier molecular flexibility index (Phi) is 9.88. The van der Waals surface area contributed by atoms with E-state index >= 15 is 0 Å². The number of aliphatic imine (C=N–C) groups is 1. The summed E-state index contributed by atoms with van der Waals surface area (Å²) in [6, 6.07) is 0.884. The number of nitrogens with one attached hydrogen (secondary N) is 1. The Morgan fingerprint density at radius 2 is 1.97 bits per heavy atom. The van der Waals surface area contributed by atoms with Crippen LogP contribution >= 0.6 is 0 Å². The number of hydrogen-bond acceptors (Lipinski definition) is 5.